The van der Waals surface area contributed by atoms with Crippen molar-refractivity contribution >= 4 is 17.4 Å². The van der Waals surface area contributed by atoms with E-state index in [4.69, 9.17) is 4.84 Å². The average Bonchev–Trinajstić information content (AvgIpc) is 2.99. The van der Waals surface area contributed by atoms with Crippen molar-refractivity contribution in [2.75, 3.05) is 0 Å². The largest absolute Gasteiger partial charge is 0.372 e. The Morgan fingerprint density at radius 1 is 1.09 bits per heavy atom. The predicted octanol–water partition coefficient (Wildman–Crippen LogP) is 2.23. The Kier molecular flexibility index (Phi) is 2.71. The quantitative estimate of drug-likeness (QED) is 0.924. The third-order valence-corrected chi connectivity index (χ3v) is 4.16. The molecule has 23 heavy (non-hydrogen) atoms. The van der Waals surface area contributed by atoms with Crippen molar-refractivity contribution in [3.05, 3.63) is 76.9 Å². The number of carbonyl (C=O) groups is 2. The van der Waals surface area contributed by atoms with Gasteiger partial charge in [-0.2, -0.15) is 0 Å². The Morgan fingerprint density at radius 2 is 1.74 bits per heavy atom. The number of hydrogen-bond acceptors (Lipinski definition) is 4. The highest BCUT2D eigenvalue weighted by Gasteiger charge is 2.60. The van der Waals surface area contributed by atoms with Crippen LogP contribution in [0.15, 0.2) is 60.2 Å². The van der Waals surface area contributed by atoms with Gasteiger partial charge in [0.25, 0.3) is 5.91 Å². The van der Waals surface area contributed by atoms with Gasteiger partial charge in [-0.3, -0.25) is 9.59 Å². The summed E-state index contributed by atoms with van der Waals surface area (Å²) in [5.41, 5.74) is -0.486. The van der Waals surface area contributed by atoms with Gasteiger partial charge in [-0.05, 0) is 13.0 Å². The van der Waals surface area contributed by atoms with Crippen LogP contribution in [0.2, 0.25) is 0 Å². The molecule has 1 atom stereocenters. The van der Waals surface area contributed by atoms with E-state index in [9.17, 15) is 14.7 Å². The van der Waals surface area contributed by atoms with Crippen LogP contribution in [0, 0.1) is 0 Å². The molecule has 2 heterocycles. The van der Waals surface area contributed by atoms with E-state index in [1.54, 1.807) is 48.5 Å². The van der Waals surface area contributed by atoms with Gasteiger partial charge in [-0.1, -0.05) is 48.5 Å². The summed E-state index contributed by atoms with van der Waals surface area (Å²) in [7, 11) is 0. The Bertz CT molecular complexity index is 872. The number of nitrogens with zero attached hydrogens (tertiary/aromatic N) is 1. The summed E-state index contributed by atoms with van der Waals surface area (Å²) < 4.78 is 0. The maximum atomic E-state index is 12.5. The fourth-order valence-corrected chi connectivity index (χ4v) is 3.17. The number of hydroxylamine groups is 2. The molecule has 1 unspecified atom stereocenters. The lowest BCUT2D eigenvalue weighted by atomic mass is 9.90. The third kappa shape index (κ3) is 1.65. The first-order chi connectivity index (χ1) is 11.0. The normalized spacial score (nSPS) is 22.0. The van der Waals surface area contributed by atoms with Gasteiger partial charge in [0.15, 0.2) is 11.5 Å². The van der Waals surface area contributed by atoms with Crippen LogP contribution in [0.3, 0.4) is 0 Å². The highest BCUT2D eigenvalue weighted by atomic mass is 16.7. The van der Waals surface area contributed by atoms with Crippen LogP contribution in [-0.2, 0) is 15.4 Å². The fourth-order valence-electron chi connectivity index (χ4n) is 3.17. The second-order valence-electron chi connectivity index (χ2n) is 5.53. The Balaban J connectivity index is 2.00. The van der Waals surface area contributed by atoms with E-state index in [2.05, 4.69) is 0 Å². The van der Waals surface area contributed by atoms with Crippen LogP contribution in [0.4, 0.5) is 0 Å². The smallest absolute Gasteiger partial charge is 0.290 e. The summed E-state index contributed by atoms with van der Waals surface area (Å²) in [5.74, 6) is -0.602. The topological polar surface area (TPSA) is 66.8 Å². The van der Waals surface area contributed by atoms with E-state index in [0.717, 1.165) is 5.06 Å². The van der Waals surface area contributed by atoms with Crippen LogP contribution < -0.4 is 0 Å². The van der Waals surface area contributed by atoms with Crippen molar-refractivity contribution in [2.24, 2.45) is 0 Å². The van der Waals surface area contributed by atoms with Crippen molar-refractivity contribution < 1.29 is 19.5 Å². The van der Waals surface area contributed by atoms with Crippen LogP contribution in [0.1, 0.15) is 28.4 Å². The minimum atomic E-state index is -1.88. The lowest BCUT2D eigenvalue weighted by molar-refractivity contribution is -0.179. The van der Waals surface area contributed by atoms with Gasteiger partial charge in [0.05, 0.1) is 5.56 Å². The predicted molar refractivity (Wildman–Crippen MR) is 81.6 cm³/mol. The van der Waals surface area contributed by atoms with Gasteiger partial charge in [0.1, 0.15) is 5.57 Å². The first-order valence-electron chi connectivity index (χ1n) is 7.20. The van der Waals surface area contributed by atoms with Crippen LogP contribution >= 0.6 is 0 Å². The summed E-state index contributed by atoms with van der Waals surface area (Å²) in [6, 6.07) is 15.6. The monoisotopic (exact) mass is 307 g/mol. The Hall–Kier alpha value is -2.92. The van der Waals surface area contributed by atoms with Gasteiger partial charge in [-0.15, -0.1) is 5.06 Å². The average molecular weight is 307 g/mol. The summed E-state index contributed by atoms with van der Waals surface area (Å²) in [4.78, 5) is 30.4. The molecule has 4 rings (SSSR count). The zero-order valence-corrected chi connectivity index (χ0v) is 12.3. The summed E-state index contributed by atoms with van der Waals surface area (Å²) in [5, 5.41) is 12.1. The minimum absolute atomic E-state index is 0.0713. The second kappa shape index (κ2) is 4.54. The van der Waals surface area contributed by atoms with Crippen LogP contribution in [-0.4, -0.2) is 21.9 Å². The van der Waals surface area contributed by atoms with Gasteiger partial charge >= 0.3 is 0 Å². The molecule has 0 spiro atoms. The Morgan fingerprint density at radius 3 is 2.43 bits per heavy atom. The van der Waals surface area contributed by atoms with E-state index in [1.807, 2.05) is 6.07 Å². The van der Waals surface area contributed by atoms with Crippen molar-refractivity contribution in [1.29, 1.82) is 0 Å². The number of Topliss-reactive ketones (excluding diaryl/α,β-unsaturated/α-hetero) is 1. The number of benzene rings is 2. The van der Waals surface area contributed by atoms with Crippen LogP contribution in [0.5, 0.6) is 0 Å². The number of fused-ring (bicyclic) bond motifs is 3. The van der Waals surface area contributed by atoms with E-state index in [-0.39, 0.29) is 17.1 Å². The number of aliphatic hydroxyl groups is 1. The summed E-state index contributed by atoms with van der Waals surface area (Å²) in [6.45, 7) is 1.36. The van der Waals surface area contributed by atoms with Gasteiger partial charge in [0, 0.05) is 11.1 Å². The summed E-state index contributed by atoms with van der Waals surface area (Å²) in [6.07, 6.45) is 0. The lowest BCUT2D eigenvalue weighted by Crippen LogP contribution is -2.41. The van der Waals surface area contributed by atoms with Crippen molar-refractivity contribution in [3.8, 4) is 0 Å². The first kappa shape index (κ1) is 13.7. The number of ketones is 1. The molecule has 0 saturated heterocycles. The maximum absolute atomic E-state index is 12.5. The number of rotatable bonds is 2. The molecule has 1 amide bonds. The number of carbonyl (C=O) groups excluding carboxylic acids is 2. The highest BCUT2D eigenvalue weighted by Crippen LogP contribution is 2.51. The fraction of sp³-hybridized carbons (Fsp3) is 0.111. The highest BCUT2D eigenvalue weighted by molar-refractivity contribution is 6.09. The Labute approximate surface area is 132 Å². The molecule has 0 fully saturated rings. The molecule has 2 aliphatic heterocycles. The van der Waals surface area contributed by atoms with Gasteiger partial charge in [0.2, 0.25) is 5.72 Å². The molecule has 5 nitrogen and oxygen atoms in total. The standard InChI is InChI=1S/C18H13NO4/c1-11(20)15-16(12-7-3-2-4-8-12)23-19-17(21)13-9-5-6-10-14(13)18(15,19)22/h2-10,22H,1H3. The molecule has 114 valence electrons. The molecular weight excluding hydrogens is 294 g/mol. The molecule has 0 radical (unpaired) electrons. The molecule has 2 aromatic carbocycles. The molecular formula is C18H13NO4. The van der Waals surface area contributed by atoms with Crippen molar-refractivity contribution in [3.63, 3.8) is 0 Å². The second-order valence-corrected chi connectivity index (χ2v) is 5.53. The lowest BCUT2D eigenvalue weighted by Gasteiger charge is -2.25. The molecule has 1 N–H and O–H groups in total. The molecule has 0 saturated carbocycles. The minimum Gasteiger partial charge on any atom is -0.372 e. The van der Waals surface area contributed by atoms with E-state index in [0.29, 0.717) is 16.7 Å². The van der Waals surface area contributed by atoms with E-state index in [1.165, 1.54) is 6.92 Å². The number of hydrogen-bond donors (Lipinski definition) is 1. The molecule has 5 heteroatoms. The molecule has 2 aromatic rings. The van der Waals surface area contributed by atoms with Gasteiger partial charge in [-0.25, -0.2) is 0 Å². The van der Waals surface area contributed by atoms with E-state index >= 15 is 0 Å². The maximum Gasteiger partial charge on any atom is 0.290 e. The molecule has 2 aliphatic rings. The van der Waals surface area contributed by atoms with Crippen LogP contribution in [0.25, 0.3) is 5.76 Å². The first-order valence-corrected chi connectivity index (χ1v) is 7.20. The summed E-state index contributed by atoms with van der Waals surface area (Å²) >= 11 is 0. The van der Waals surface area contributed by atoms with Gasteiger partial charge < -0.3 is 9.94 Å². The molecule has 0 aliphatic carbocycles. The molecule has 0 bridgehead atoms. The third-order valence-electron chi connectivity index (χ3n) is 4.16. The molecule has 0 aromatic heterocycles. The SMILES string of the molecule is CC(=O)C1=C(c2ccccc2)ON2C(=O)c3ccccc3C12O. The van der Waals surface area contributed by atoms with Crippen molar-refractivity contribution in [2.45, 2.75) is 12.6 Å². The zero-order valence-electron chi connectivity index (χ0n) is 12.3. The number of amides is 1. The van der Waals surface area contributed by atoms with E-state index < -0.39 is 11.6 Å². The zero-order chi connectivity index (χ0) is 16.2. The van der Waals surface area contributed by atoms with Crippen molar-refractivity contribution in [1.82, 2.24) is 5.06 Å².